The number of hydrogen-bond donors (Lipinski definition) is 0. The highest BCUT2D eigenvalue weighted by Gasteiger charge is 2.20. The second-order valence-electron chi connectivity index (χ2n) is 4.38. The van der Waals surface area contributed by atoms with Crippen molar-refractivity contribution in [2.24, 2.45) is 0 Å². The number of rotatable bonds is 1. The number of hydrogen-bond acceptors (Lipinski definition) is 2. The Morgan fingerprint density at radius 1 is 1.21 bits per heavy atom. The second-order valence-corrected chi connectivity index (χ2v) is 4.82. The normalized spacial score (nSPS) is 12.7. The van der Waals surface area contributed by atoms with Gasteiger partial charge in [0.25, 0.3) is 0 Å². The molecule has 0 N–H and O–H groups in total. The molecule has 0 aromatic heterocycles. The van der Waals surface area contributed by atoms with Gasteiger partial charge in [0.1, 0.15) is 5.75 Å². The molecule has 2 nitrogen and oxygen atoms in total. The van der Waals surface area contributed by atoms with E-state index in [-0.39, 0.29) is 0 Å². The molecule has 2 aromatic rings. The first kappa shape index (κ1) is 12.0. The number of ether oxygens (including phenoxy) is 1. The quantitative estimate of drug-likeness (QED) is 0.723. The Hall–Kier alpha value is -2.11. The van der Waals surface area contributed by atoms with Crippen LogP contribution in [0.1, 0.15) is 5.56 Å². The Bertz CT molecular complexity index is 660. The summed E-state index contributed by atoms with van der Waals surface area (Å²) in [4.78, 5) is 2.09. The van der Waals surface area contributed by atoms with Crippen LogP contribution in [0.5, 0.6) is 11.5 Å². The minimum absolute atomic E-state index is 0.519. The predicted molar refractivity (Wildman–Crippen MR) is 77.9 cm³/mol. The van der Waals surface area contributed by atoms with Crippen LogP contribution in [-0.4, -0.2) is 6.54 Å². The third kappa shape index (κ3) is 2.25. The van der Waals surface area contributed by atoms with Gasteiger partial charge in [-0.05, 0) is 24.3 Å². The van der Waals surface area contributed by atoms with Crippen molar-refractivity contribution < 1.29 is 4.74 Å². The number of halogens is 1. The van der Waals surface area contributed by atoms with Gasteiger partial charge in [-0.1, -0.05) is 35.7 Å². The van der Waals surface area contributed by atoms with Crippen molar-refractivity contribution in [2.45, 2.75) is 6.54 Å². The van der Waals surface area contributed by atoms with Gasteiger partial charge in [0.15, 0.2) is 5.75 Å². The van der Waals surface area contributed by atoms with Crippen molar-refractivity contribution in [3.05, 3.63) is 53.1 Å². The van der Waals surface area contributed by atoms with Crippen molar-refractivity contribution in [2.75, 3.05) is 11.4 Å². The van der Waals surface area contributed by atoms with Crippen molar-refractivity contribution in [1.82, 2.24) is 0 Å². The van der Waals surface area contributed by atoms with Gasteiger partial charge in [0, 0.05) is 17.1 Å². The molecule has 1 heterocycles. The molecular formula is C16H12ClNO. The monoisotopic (exact) mass is 269 g/mol. The number of fused-ring (bicyclic) bond motifs is 2. The largest absolute Gasteiger partial charge is 0.455 e. The van der Waals surface area contributed by atoms with Gasteiger partial charge in [-0.15, -0.1) is 6.42 Å². The first-order valence-corrected chi connectivity index (χ1v) is 6.39. The molecule has 1 aliphatic heterocycles. The summed E-state index contributed by atoms with van der Waals surface area (Å²) in [5, 5.41) is 0.676. The Morgan fingerprint density at radius 2 is 2.05 bits per heavy atom. The highest BCUT2D eigenvalue weighted by atomic mass is 35.5. The maximum absolute atomic E-state index is 6.07. The molecule has 0 aliphatic carbocycles. The Morgan fingerprint density at radius 3 is 2.89 bits per heavy atom. The zero-order valence-corrected chi connectivity index (χ0v) is 11.0. The lowest BCUT2D eigenvalue weighted by Crippen LogP contribution is -2.22. The van der Waals surface area contributed by atoms with Gasteiger partial charge in [-0.2, -0.15) is 0 Å². The molecule has 0 fully saturated rings. The van der Waals surface area contributed by atoms with Crippen LogP contribution in [0.15, 0.2) is 42.5 Å². The first-order valence-electron chi connectivity index (χ1n) is 6.01. The van der Waals surface area contributed by atoms with Gasteiger partial charge in [-0.25, -0.2) is 0 Å². The van der Waals surface area contributed by atoms with E-state index in [9.17, 15) is 0 Å². The van der Waals surface area contributed by atoms with E-state index in [0.29, 0.717) is 18.1 Å². The van der Waals surface area contributed by atoms with E-state index >= 15 is 0 Å². The average molecular weight is 270 g/mol. The third-order valence-electron chi connectivity index (χ3n) is 3.10. The predicted octanol–water partition coefficient (Wildman–Crippen LogP) is 4.09. The number of nitrogens with zero attached hydrogens (tertiary/aromatic N) is 1. The molecular weight excluding hydrogens is 258 g/mol. The summed E-state index contributed by atoms with van der Waals surface area (Å²) < 4.78 is 5.97. The average Bonchev–Trinajstić information content (AvgIpc) is 2.56. The van der Waals surface area contributed by atoms with E-state index in [4.69, 9.17) is 22.8 Å². The van der Waals surface area contributed by atoms with Crippen LogP contribution in [0.3, 0.4) is 0 Å². The first-order chi connectivity index (χ1) is 9.28. The molecule has 94 valence electrons. The number of anilines is 1. The molecule has 19 heavy (non-hydrogen) atoms. The lowest BCUT2D eigenvalue weighted by molar-refractivity contribution is 0.484. The molecule has 1 aliphatic rings. The maximum atomic E-state index is 6.07. The standard InChI is InChI=1S/C16H12ClNO/c1-2-9-18-11-12-5-3-4-6-15(12)19-16-8-7-13(17)10-14(16)18/h1,3-8,10H,9,11H2. The van der Waals surface area contributed by atoms with Crippen LogP contribution in [0.2, 0.25) is 5.02 Å². The van der Waals surface area contributed by atoms with Crippen LogP contribution in [0, 0.1) is 12.3 Å². The van der Waals surface area contributed by atoms with Crippen molar-refractivity contribution in [3.8, 4) is 23.8 Å². The van der Waals surface area contributed by atoms with E-state index in [0.717, 1.165) is 22.7 Å². The molecule has 0 atom stereocenters. The molecule has 0 saturated carbocycles. The lowest BCUT2D eigenvalue weighted by Gasteiger charge is -2.21. The van der Waals surface area contributed by atoms with Gasteiger partial charge in [0.2, 0.25) is 0 Å². The summed E-state index contributed by atoms with van der Waals surface area (Å²) in [6.45, 7) is 1.23. The van der Waals surface area contributed by atoms with Crippen molar-refractivity contribution >= 4 is 17.3 Å². The zero-order valence-electron chi connectivity index (χ0n) is 10.3. The van der Waals surface area contributed by atoms with Crippen molar-refractivity contribution in [1.29, 1.82) is 0 Å². The zero-order chi connectivity index (χ0) is 13.2. The minimum atomic E-state index is 0.519. The summed E-state index contributed by atoms with van der Waals surface area (Å²) in [6.07, 6.45) is 5.46. The maximum Gasteiger partial charge on any atom is 0.150 e. The van der Waals surface area contributed by atoms with E-state index in [1.807, 2.05) is 42.5 Å². The van der Waals surface area contributed by atoms with Crippen LogP contribution < -0.4 is 9.64 Å². The number of benzene rings is 2. The summed E-state index contributed by atoms with van der Waals surface area (Å²) in [5.41, 5.74) is 2.05. The molecule has 0 radical (unpaired) electrons. The molecule has 0 saturated heterocycles. The summed E-state index contributed by atoms with van der Waals surface area (Å²) >= 11 is 6.07. The van der Waals surface area contributed by atoms with E-state index in [1.54, 1.807) is 0 Å². The molecule has 0 amide bonds. The van der Waals surface area contributed by atoms with Crippen LogP contribution >= 0.6 is 11.6 Å². The van der Waals surface area contributed by atoms with E-state index in [1.165, 1.54) is 0 Å². The van der Waals surface area contributed by atoms with Gasteiger partial charge in [0.05, 0.1) is 12.2 Å². The van der Waals surface area contributed by atoms with Crippen LogP contribution in [0.4, 0.5) is 5.69 Å². The fourth-order valence-electron chi connectivity index (χ4n) is 2.22. The molecule has 0 bridgehead atoms. The van der Waals surface area contributed by atoms with Crippen LogP contribution in [-0.2, 0) is 6.54 Å². The Balaban J connectivity index is 2.13. The molecule has 0 unspecified atom stereocenters. The molecule has 3 heteroatoms. The topological polar surface area (TPSA) is 12.5 Å². The van der Waals surface area contributed by atoms with Gasteiger partial charge >= 0.3 is 0 Å². The lowest BCUT2D eigenvalue weighted by atomic mass is 10.2. The second kappa shape index (κ2) is 4.87. The van der Waals surface area contributed by atoms with Crippen LogP contribution in [0.25, 0.3) is 0 Å². The highest BCUT2D eigenvalue weighted by molar-refractivity contribution is 6.31. The Labute approximate surface area is 117 Å². The highest BCUT2D eigenvalue weighted by Crippen LogP contribution is 2.39. The molecule has 2 aromatic carbocycles. The van der Waals surface area contributed by atoms with Crippen molar-refractivity contribution in [3.63, 3.8) is 0 Å². The fourth-order valence-corrected chi connectivity index (χ4v) is 2.38. The minimum Gasteiger partial charge on any atom is -0.455 e. The summed E-state index contributed by atoms with van der Waals surface area (Å²) in [6, 6.07) is 13.6. The number of terminal acetylenes is 1. The molecule has 3 rings (SSSR count). The smallest absolute Gasteiger partial charge is 0.150 e. The summed E-state index contributed by atoms with van der Waals surface area (Å²) in [5.74, 6) is 4.33. The third-order valence-corrected chi connectivity index (χ3v) is 3.33. The fraction of sp³-hybridized carbons (Fsp3) is 0.125. The Kier molecular flexibility index (Phi) is 3.06. The van der Waals surface area contributed by atoms with E-state index < -0.39 is 0 Å². The molecule has 0 spiro atoms. The van der Waals surface area contributed by atoms with Gasteiger partial charge in [-0.3, -0.25) is 0 Å². The van der Waals surface area contributed by atoms with Gasteiger partial charge < -0.3 is 9.64 Å². The SMILES string of the molecule is C#CCN1Cc2ccccc2Oc2ccc(Cl)cc21. The number of para-hydroxylation sites is 1. The summed E-state index contributed by atoms with van der Waals surface area (Å²) in [7, 11) is 0. The van der Waals surface area contributed by atoms with E-state index in [2.05, 4.69) is 10.8 Å².